The number of carbonyl (C=O) groups excluding carboxylic acids is 2. The van der Waals surface area contributed by atoms with Crippen LogP contribution < -0.4 is 4.74 Å². The SMILES string of the molecule is C=C(C(=O)OC)C(OC(C)=O)c1ccc(OC)cc1. The van der Waals surface area contributed by atoms with Crippen LogP contribution >= 0.6 is 0 Å². The van der Waals surface area contributed by atoms with Gasteiger partial charge >= 0.3 is 11.9 Å². The molecular weight excluding hydrogens is 248 g/mol. The van der Waals surface area contributed by atoms with Gasteiger partial charge in [0.1, 0.15) is 5.75 Å². The molecule has 0 aliphatic heterocycles. The van der Waals surface area contributed by atoms with Crippen LogP contribution in [0.5, 0.6) is 5.75 Å². The van der Waals surface area contributed by atoms with E-state index in [1.165, 1.54) is 14.0 Å². The summed E-state index contributed by atoms with van der Waals surface area (Å²) in [5.74, 6) is -0.470. The quantitative estimate of drug-likeness (QED) is 0.601. The molecule has 0 N–H and O–H groups in total. The highest BCUT2D eigenvalue weighted by atomic mass is 16.6. The molecule has 0 aliphatic carbocycles. The van der Waals surface area contributed by atoms with Crippen molar-refractivity contribution < 1.29 is 23.8 Å². The van der Waals surface area contributed by atoms with Crippen LogP contribution in [0.4, 0.5) is 0 Å². The molecule has 5 nitrogen and oxygen atoms in total. The van der Waals surface area contributed by atoms with Crippen LogP contribution in [0, 0.1) is 0 Å². The summed E-state index contributed by atoms with van der Waals surface area (Å²) in [6, 6.07) is 6.80. The van der Waals surface area contributed by atoms with Crippen molar-refractivity contribution in [2.45, 2.75) is 13.0 Å². The second-order valence-corrected chi connectivity index (χ2v) is 3.78. The number of hydrogen-bond acceptors (Lipinski definition) is 5. The van der Waals surface area contributed by atoms with Crippen LogP contribution in [0.1, 0.15) is 18.6 Å². The summed E-state index contributed by atoms with van der Waals surface area (Å²) in [5, 5.41) is 0. The molecule has 0 spiro atoms. The standard InChI is InChI=1S/C14H16O5/c1-9(14(16)18-4)13(19-10(2)15)11-5-7-12(17-3)8-6-11/h5-8,13H,1H2,2-4H3. The molecule has 0 saturated carbocycles. The number of esters is 2. The van der Waals surface area contributed by atoms with Gasteiger partial charge in [-0.05, 0) is 17.7 Å². The van der Waals surface area contributed by atoms with Gasteiger partial charge < -0.3 is 14.2 Å². The Kier molecular flexibility index (Phi) is 5.11. The van der Waals surface area contributed by atoms with Gasteiger partial charge in [0.15, 0.2) is 6.10 Å². The van der Waals surface area contributed by atoms with Crippen molar-refractivity contribution in [3.05, 3.63) is 42.0 Å². The summed E-state index contributed by atoms with van der Waals surface area (Å²) >= 11 is 0. The summed E-state index contributed by atoms with van der Waals surface area (Å²) in [6.45, 7) is 4.88. The molecule has 102 valence electrons. The molecule has 1 unspecified atom stereocenters. The first-order valence-electron chi connectivity index (χ1n) is 5.58. The molecule has 1 aromatic rings. The Morgan fingerprint density at radius 3 is 2.16 bits per heavy atom. The molecule has 0 amide bonds. The minimum absolute atomic E-state index is 0.0582. The van der Waals surface area contributed by atoms with Gasteiger partial charge in [0, 0.05) is 6.92 Å². The van der Waals surface area contributed by atoms with E-state index in [4.69, 9.17) is 9.47 Å². The summed E-state index contributed by atoms with van der Waals surface area (Å²) in [5.41, 5.74) is 0.675. The topological polar surface area (TPSA) is 61.8 Å². The normalized spacial score (nSPS) is 11.3. The Morgan fingerprint density at radius 2 is 1.74 bits per heavy atom. The maximum atomic E-state index is 11.5. The van der Waals surface area contributed by atoms with E-state index < -0.39 is 18.0 Å². The maximum absolute atomic E-state index is 11.5. The summed E-state index contributed by atoms with van der Waals surface area (Å²) in [7, 11) is 2.79. The average Bonchev–Trinajstić information content (AvgIpc) is 2.43. The van der Waals surface area contributed by atoms with Gasteiger partial charge in [-0.3, -0.25) is 4.79 Å². The highest BCUT2D eigenvalue weighted by molar-refractivity contribution is 5.89. The number of hydrogen-bond donors (Lipinski definition) is 0. The van der Waals surface area contributed by atoms with Crippen molar-refractivity contribution in [2.75, 3.05) is 14.2 Å². The van der Waals surface area contributed by atoms with E-state index in [2.05, 4.69) is 11.3 Å². The van der Waals surface area contributed by atoms with Crippen LogP contribution in [-0.2, 0) is 19.1 Å². The van der Waals surface area contributed by atoms with Gasteiger partial charge in [0.05, 0.1) is 19.8 Å². The van der Waals surface area contributed by atoms with Gasteiger partial charge in [-0.2, -0.15) is 0 Å². The van der Waals surface area contributed by atoms with E-state index in [0.717, 1.165) is 0 Å². The molecule has 19 heavy (non-hydrogen) atoms. The zero-order valence-electron chi connectivity index (χ0n) is 11.1. The zero-order valence-corrected chi connectivity index (χ0v) is 11.1. The number of ether oxygens (including phenoxy) is 3. The van der Waals surface area contributed by atoms with E-state index >= 15 is 0 Å². The number of methoxy groups -OCH3 is 2. The van der Waals surface area contributed by atoms with Crippen LogP contribution in [0.2, 0.25) is 0 Å². The van der Waals surface area contributed by atoms with E-state index in [-0.39, 0.29) is 5.57 Å². The lowest BCUT2D eigenvalue weighted by Crippen LogP contribution is -2.17. The Balaban J connectivity index is 3.04. The molecule has 5 heteroatoms. The molecule has 1 rings (SSSR count). The van der Waals surface area contributed by atoms with Gasteiger partial charge in [-0.1, -0.05) is 18.7 Å². The van der Waals surface area contributed by atoms with Crippen molar-refractivity contribution >= 4 is 11.9 Å². The molecule has 0 saturated heterocycles. The largest absolute Gasteiger partial charge is 0.497 e. The summed E-state index contributed by atoms with van der Waals surface area (Å²) in [6.07, 6.45) is -0.865. The Bertz CT molecular complexity index is 475. The molecule has 0 bridgehead atoms. The van der Waals surface area contributed by atoms with Crippen LogP contribution in [0.3, 0.4) is 0 Å². The Labute approximate surface area is 111 Å². The lowest BCUT2D eigenvalue weighted by molar-refractivity contribution is -0.147. The Morgan fingerprint density at radius 1 is 1.16 bits per heavy atom. The van der Waals surface area contributed by atoms with E-state index in [9.17, 15) is 9.59 Å². The van der Waals surface area contributed by atoms with E-state index in [0.29, 0.717) is 11.3 Å². The highest BCUT2D eigenvalue weighted by Gasteiger charge is 2.24. The fourth-order valence-corrected chi connectivity index (χ4v) is 1.52. The van der Waals surface area contributed by atoms with Crippen molar-refractivity contribution in [3.8, 4) is 5.75 Å². The van der Waals surface area contributed by atoms with Gasteiger partial charge in [-0.15, -0.1) is 0 Å². The number of carbonyl (C=O) groups is 2. The number of rotatable bonds is 5. The van der Waals surface area contributed by atoms with E-state index in [1.807, 2.05) is 0 Å². The second kappa shape index (κ2) is 6.58. The second-order valence-electron chi connectivity index (χ2n) is 3.78. The van der Waals surface area contributed by atoms with Crippen molar-refractivity contribution in [3.63, 3.8) is 0 Å². The average molecular weight is 264 g/mol. The molecule has 0 fully saturated rings. The molecule has 0 aromatic heterocycles. The summed E-state index contributed by atoms with van der Waals surface area (Å²) < 4.78 is 14.7. The monoisotopic (exact) mass is 264 g/mol. The fraction of sp³-hybridized carbons (Fsp3) is 0.286. The highest BCUT2D eigenvalue weighted by Crippen LogP contribution is 2.27. The molecule has 0 radical (unpaired) electrons. The predicted octanol–water partition coefficient (Wildman–Crippen LogP) is 2.03. The molecule has 1 atom stereocenters. The molecule has 0 heterocycles. The first kappa shape index (κ1) is 14.8. The summed E-state index contributed by atoms with van der Waals surface area (Å²) in [4.78, 5) is 22.6. The van der Waals surface area contributed by atoms with E-state index in [1.54, 1.807) is 31.4 Å². The van der Waals surface area contributed by atoms with Crippen LogP contribution in [0.25, 0.3) is 0 Å². The fourth-order valence-electron chi connectivity index (χ4n) is 1.52. The predicted molar refractivity (Wildman–Crippen MR) is 68.7 cm³/mol. The van der Waals surface area contributed by atoms with Crippen molar-refractivity contribution in [2.24, 2.45) is 0 Å². The number of benzene rings is 1. The third kappa shape index (κ3) is 3.84. The third-order valence-electron chi connectivity index (χ3n) is 2.47. The van der Waals surface area contributed by atoms with Gasteiger partial charge in [0.2, 0.25) is 0 Å². The Hall–Kier alpha value is -2.30. The molecular formula is C14H16O5. The minimum atomic E-state index is -0.865. The zero-order chi connectivity index (χ0) is 14.4. The van der Waals surface area contributed by atoms with Crippen LogP contribution in [0.15, 0.2) is 36.4 Å². The smallest absolute Gasteiger partial charge is 0.337 e. The van der Waals surface area contributed by atoms with Crippen molar-refractivity contribution in [1.29, 1.82) is 0 Å². The van der Waals surface area contributed by atoms with Crippen LogP contribution in [-0.4, -0.2) is 26.2 Å². The first-order valence-corrected chi connectivity index (χ1v) is 5.58. The lowest BCUT2D eigenvalue weighted by Gasteiger charge is -2.18. The lowest BCUT2D eigenvalue weighted by atomic mass is 10.0. The maximum Gasteiger partial charge on any atom is 0.337 e. The third-order valence-corrected chi connectivity index (χ3v) is 2.47. The van der Waals surface area contributed by atoms with Crippen molar-refractivity contribution in [1.82, 2.24) is 0 Å². The van der Waals surface area contributed by atoms with Gasteiger partial charge in [0.25, 0.3) is 0 Å². The molecule has 1 aromatic carbocycles. The van der Waals surface area contributed by atoms with Gasteiger partial charge in [-0.25, -0.2) is 4.79 Å². The molecule has 0 aliphatic rings. The minimum Gasteiger partial charge on any atom is -0.497 e. The first-order chi connectivity index (χ1) is 8.99.